The molecule has 0 aliphatic carbocycles. The molecule has 0 fully saturated rings. The van der Waals surface area contributed by atoms with Gasteiger partial charge in [0.05, 0.1) is 0 Å². The van der Waals surface area contributed by atoms with E-state index in [0.29, 0.717) is 0 Å². The van der Waals surface area contributed by atoms with Crippen molar-refractivity contribution in [1.82, 2.24) is 0 Å². The van der Waals surface area contributed by atoms with Crippen molar-refractivity contribution < 1.29 is 142 Å². The molecule has 0 N–H and O–H groups in total. The largest absolute Gasteiger partial charge is 1.00 e. The van der Waals surface area contributed by atoms with Crippen LogP contribution in [0, 0.1) is 0 Å². The average molecular weight is 706 g/mol. The van der Waals surface area contributed by atoms with E-state index >= 15 is 0 Å². The average Bonchev–Trinajstić information content (AvgIpc) is 2.70. The molecule has 30 heteroatoms. The molecule has 0 unspecified atom stereocenters. The first-order valence-electron chi connectivity index (χ1n) is 8.18. The normalized spacial score (nSPS) is 16.8. The van der Waals surface area contributed by atoms with Gasteiger partial charge in [-0.15, -0.1) is 0 Å². The van der Waals surface area contributed by atoms with E-state index in [1.165, 1.54) is 0 Å². The Kier molecular flexibility index (Phi) is 10.4. The molecule has 0 bridgehead atoms. The van der Waals surface area contributed by atoms with Crippen LogP contribution in [-0.4, -0.2) is 83.6 Å². The topological polar surface area (TPSA) is 57.2 Å². The Bertz CT molecular complexity index is 1100. The molecule has 0 rings (SSSR count). The molecule has 42 heavy (non-hydrogen) atoms. The van der Waals surface area contributed by atoms with Crippen LogP contribution in [0.3, 0.4) is 0 Å². The predicted molar refractivity (Wildman–Crippen MR) is 70.2 cm³/mol. The zero-order valence-electron chi connectivity index (χ0n) is 18.1. The van der Waals surface area contributed by atoms with Crippen molar-refractivity contribution in [2.45, 2.75) is 70.7 Å². The van der Waals surface area contributed by atoms with Gasteiger partial charge in [-0.3, -0.25) is 0 Å². The van der Waals surface area contributed by atoms with Gasteiger partial charge in [-0.25, -0.2) is 8.42 Å². The van der Waals surface area contributed by atoms with E-state index in [1.54, 1.807) is 0 Å². The molecule has 0 atom stereocenters. The summed E-state index contributed by atoms with van der Waals surface area (Å²) >= 11 is 0. The molecule has 0 saturated carbocycles. The van der Waals surface area contributed by atoms with Gasteiger partial charge < -0.3 is 4.55 Å². The maximum Gasteiger partial charge on any atom is 1.00 e. The van der Waals surface area contributed by atoms with E-state index in [1.807, 2.05) is 0 Å². The van der Waals surface area contributed by atoms with Gasteiger partial charge in [0.15, 0.2) is 10.1 Å². The van der Waals surface area contributed by atoms with E-state index in [-0.39, 0.29) is 18.9 Å². The summed E-state index contributed by atoms with van der Waals surface area (Å²) in [6.07, 6.45) is -8.23. The molecule has 3 nitrogen and oxygen atoms in total. The number of rotatable bonds is 11. The molecule has 0 saturated heterocycles. The summed E-state index contributed by atoms with van der Waals surface area (Å²) in [4.78, 5) is 0. The number of alkyl halides is 25. The minimum Gasteiger partial charge on any atom is -0.743 e. The molecule has 0 aromatic heterocycles. The summed E-state index contributed by atoms with van der Waals surface area (Å²) in [7, 11) is -8.49. The van der Waals surface area contributed by atoms with Gasteiger partial charge in [-0.1, -0.05) is 0 Å². The van der Waals surface area contributed by atoms with Gasteiger partial charge in [0.25, 0.3) is 0 Å². The van der Waals surface area contributed by atoms with Gasteiger partial charge in [0, 0.05) is 0 Å². The van der Waals surface area contributed by atoms with Crippen LogP contribution in [-0.2, 0) is 10.1 Å². The molecule has 0 aliphatic rings. The van der Waals surface area contributed by atoms with Crippen molar-refractivity contribution in [3.8, 4) is 0 Å². The third-order valence-corrected chi connectivity index (χ3v) is 5.47. The van der Waals surface area contributed by atoms with Crippen LogP contribution in [0.25, 0.3) is 0 Å². The molecule has 0 spiro atoms. The monoisotopic (exact) mass is 706 g/mol. The van der Waals surface area contributed by atoms with Crippen LogP contribution in [0.5, 0.6) is 0 Å². The molecule has 0 aromatic carbocycles. The number of hydrogen-bond donors (Lipinski definition) is 0. The second-order valence-electron chi connectivity index (χ2n) is 7.21. The zero-order chi connectivity index (χ0) is 34.5. The van der Waals surface area contributed by atoms with E-state index < -0.39 is 80.8 Å². The summed E-state index contributed by atoms with van der Waals surface area (Å²) in [5, 5.41) is -8.33. The van der Waals surface area contributed by atoms with Crippen LogP contribution in [0.1, 0.15) is 0 Å². The maximum absolute atomic E-state index is 13.5. The second kappa shape index (κ2) is 10.1. The molecule has 248 valence electrons. The Labute approximate surface area is 223 Å². The van der Waals surface area contributed by atoms with Crippen LogP contribution < -0.4 is 18.9 Å². The molecular weight excluding hydrogens is 706 g/mol. The third-order valence-electron chi connectivity index (χ3n) is 4.58. The Hall–Kier alpha value is -1.24. The fourth-order valence-electron chi connectivity index (χ4n) is 2.10. The van der Waals surface area contributed by atoms with Gasteiger partial charge in [-0.05, 0) is 0 Å². The van der Waals surface area contributed by atoms with E-state index in [0.717, 1.165) is 0 Å². The van der Waals surface area contributed by atoms with Crippen LogP contribution in [0.4, 0.5) is 110 Å². The maximum atomic E-state index is 13.5. The fourth-order valence-corrected chi connectivity index (χ4v) is 2.54. The van der Waals surface area contributed by atoms with Crippen molar-refractivity contribution in [2.75, 3.05) is 0 Å². The quantitative estimate of drug-likeness (QED) is 0.185. The number of halogens is 25. The van der Waals surface area contributed by atoms with E-state index in [2.05, 4.69) is 0 Å². The standard InChI is InChI=1S/C12HF25O3S.Li/c13-1(14,3(17,18)5(21,22)7(25,26)9(29,30)11(33,34)35)2(15,16)4(19,20)6(23,24)8(27,28)10(31,32)12(36,37)41(38,39)40;/h(H,38,39,40);/q;+1/p-1. The van der Waals surface area contributed by atoms with Crippen LogP contribution in [0.2, 0.25) is 0 Å². The summed E-state index contributed by atoms with van der Waals surface area (Å²) in [5.74, 6) is -94.2. The first-order valence-corrected chi connectivity index (χ1v) is 9.59. The Morgan fingerprint density at radius 2 is 0.452 bits per heavy atom. The van der Waals surface area contributed by atoms with Gasteiger partial charge in [0.2, 0.25) is 0 Å². The van der Waals surface area contributed by atoms with E-state index in [4.69, 9.17) is 0 Å². The molecule has 0 aliphatic heterocycles. The molecule has 0 amide bonds. The number of hydrogen-bond acceptors (Lipinski definition) is 3. The molecule has 0 aromatic rings. The summed E-state index contributed by atoms with van der Waals surface area (Å²) in [5.41, 5.74) is 0. The first-order chi connectivity index (χ1) is 17.0. The van der Waals surface area contributed by atoms with Crippen LogP contribution in [0.15, 0.2) is 0 Å². The Balaban J connectivity index is 0. The third kappa shape index (κ3) is 4.85. The smallest absolute Gasteiger partial charge is 0.743 e. The minimum absolute atomic E-state index is 0. The van der Waals surface area contributed by atoms with Crippen molar-refractivity contribution >= 4 is 10.1 Å². The second-order valence-corrected chi connectivity index (χ2v) is 8.63. The summed E-state index contributed by atoms with van der Waals surface area (Å²) in [6, 6.07) is 0. The van der Waals surface area contributed by atoms with Crippen LogP contribution >= 0.6 is 0 Å². The van der Waals surface area contributed by atoms with Crippen molar-refractivity contribution in [2.24, 2.45) is 0 Å². The molecular formula is C12F25LiO3S. The van der Waals surface area contributed by atoms with Gasteiger partial charge in [0.1, 0.15) is 0 Å². The Morgan fingerprint density at radius 1 is 0.310 bits per heavy atom. The fraction of sp³-hybridized carbons (Fsp3) is 1.00. The first kappa shape index (κ1) is 42.9. The van der Waals surface area contributed by atoms with Crippen molar-refractivity contribution in [1.29, 1.82) is 0 Å². The van der Waals surface area contributed by atoms with Crippen molar-refractivity contribution in [3.63, 3.8) is 0 Å². The molecule has 0 heterocycles. The van der Waals surface area contributed by atoms with Gasteiger partial charge in [-0.2, -0.15) is 110 Å². The summed E-state index contributed by atoms with van der Waals surface area (Å²) in [6.45, 7) is 0. The van der Waals surface area contributed by atoms with Crippen molar-refractivity contribution in [3.05, 3.63) is 0 Å². The minimum atomic E-state index is -9.77. The van der Waals surface area contributed by atoms with Gasteiger partial charge >= 0.3 is 89.5 Å². The molecule has 0 radical (unpaired) electrons. The predicted octanol–water partition coefficient (Wildman–Crippen LogP) is 4.04. The zero-order valence-corrected chi connectivity index (χ0v) is 18.9. The SMILES string of the molecule is O=S(=O)([O-])C(F)(F)C(F)(F)C(F)(F)C(F)(F)C(F)(F)C(F)(F)C(F)(F)C(F)(F)C(F)(F)C(F)(F)C(F)(F)C(F)(F)F.[Li+]. The summed E-state index contributed by atoms with van der Waals surface area (Å²) < 4.78 is 356. The Morgan fingerprint density at radius 3 is 0.595 bits per heavy atom. The van der Waals surface area contributed by atoms with E-state index in [9.17, 15) is 123 Å².